The number of anilines is 1. The van der Waals surface area contributed by atoms with Gasteiger partial charge in [0.2, 0.25) is 10.0 Å². The number of hydrogen-bond donors (Lipinski definition) is 1. The van der Waals surface area contributed by atoms with Crippen LogP contribution in [0, 0.1) is 0 Å². The van der Waals surface area contributed by atoms with E-state index in [0.29, 0.717) is 18.7 Å². The zero-order valence-electron chi connectivity index (χ0n) is 16.0. The minimum Gasteiger partial charge on any atom is -0.486 e. The number of rotatable bonds is 4. The average Bonchev–Trinajstić information content (AvgIpc) is 3.15. The molecule has 0 saturated carbocycles. The van der Waals surface area contributed by atoms with E-state index in [4.69, 9.17) is 4.74 Å². The zero-order chi connectivity index (χ0) is 19.2. The molecule has 2 aliphatic rings. The number of sulfonamides is 1. The van der Waals surface area contributed by atoms with Crippen LogP contribution in [0.5, 0.6) is 5.75 Å². The Bertz CT molecular complexity index is 952. The van der Waals surface area contributed by atoms with Gasteiger partial charge in [-0.1, -0.05) is 12.1 Å². The third-order valence-electron chi connectivity index (χ3n) is 5.14. The lowest BCUT2D eigenvalue weighted by molar-refractivity contribution is 0.135. The lowest BCUT2D eigenvalue weighted by Crippen LogP contribution is -2.47. The van der Waals surface area contributed by atoms with Crippen molar-refractivity contribution in [1.29, 1.82) is 0 Å². The Kier molecular flexibility index (Phi) is 4.43. The van der Waals surface area contributed by atoms with E-state index in [2.05, 4.69) is 14.7 Å². The molecule has 1 aromatic carbocycles. The van der Waals surface area contributed by atoms with Crippen molar-refractivity contribution in [2.75, 3.05) is 18.0 Å². The Hall–Kier alpha value is -2.06. The topological polar surface area (TPSA) is 76.5 Å². The molecule has 8 heteroatoms. The third-order valence-corrected chi connectivity index (χ3v) is 6.69. The number of aromatic nitrogens is 2. The maximum atomic E-state index is 13.1. The van der Waals surface area contributed by atoms with Crippen LogP contribution in [0.1, 0.15) is 32.3 Å². The number of nitrogens with one attached hydrogen (secondary N) is 1. The molecule has 1 fully saturated rings. The smallest absolute Gasteiger partial charge is 0.244 e. The molecular weight excluding hydrogens is 364 g/mol. The van der Waals surface area contributed by atoms with Crippen LogP contribution in [0.2, 0.25) is 0 Å². The summed E-state index contributed by atoms with van der Waals surface area (Å²) in [6.07, 6.45) is 6.23. The summed E-state index contributed by atoms with van der Waals surface area (Å²) in [7, 11) is -1.78. The number of ether oxygens (including phenoxy) is 1. The van der Waals surface area contributed by atoms with Crippen LogP contribution in [0.15, 0.2) is 35.5 Å². The van der Waals surface area contributed by atoms with Crippen molar-refractivity contribution in [1.82, 2.24) is 14.5 Å². The largest absolute Gasteiger partial charge is 0.486 e. The number of para-hydroxylation sites is 1. The summed E-state index contributed by atoms with van der Waals surface area (Å²) in [5.41, 5.74) is 1.59. The van der Waals surface area contributed by atoms with Crippen molar-refractivity contribution in [2.24, 2.45) is 7.05 Å². The molecule has 146 valence electrons. The summed E-state index contributed by atoms with van der Waals surface area (Å²) >= 11 is 0. The molecule has 0 amide bonds. The van der Waals surface area contributed by atoms with Gasteiger partial charge in [0.05, 0.1) is 11.9 Å². The highest BCUT2D eigenvalue weighted by Crippen LogP contribution is 2.39. The molecule has 0 bridgehead atoms. The van der Waals surface area contributed by atoms with E-state index in [-0.39, 0.29) is 16.5 Å². The van der Waals surface area contributed by atoms with Crippen LogP contribution in [-0.4, -0.2) is 42.9 Å². The predicted octanol–water partition coefficient (Wildman–Crippen LogP) is 2.08. The van der Waals surface area contributed by atoms with E-state index < -0.39 is 10.0 Å². The quantitative estimate of drug-likeness (QED) is 0.865. The SMILES string of the molecule is Cn1cc(N2CCCC(NS(=O)(=O)c3cccc4c3OC(C)(C)C4)C2)cn1. The first-order chi connectivity index (χ1) is 12.7. The Morgan fingerprint density at radius 2 is 2.15 bits per heavy atom. The first kappa shape index (κ1) is 18.3. The van der Waals surface area contributed by atoms with E-state index in [0.717, 1.165) is 30.6 Å². The second-order valence-corrected chi connectivity index (χ2v) is 9.74. The van der Waals surface area contributed by atoms with Gasteiger partial charge >= 0.3 is 0 Å². The highest BCUT2D eigenvalue weighted by Gasteiger charge is 2.36. The molecule has 0 spiro atoms. The first-order valence-electron chi connectivity index (χ1n) is 9.30. The fourth-order valence-corrected chi connectivity index (χ4v) is 5.39. The summed E-state index contributed by atoms with van der Waals surface area (Å²) in [5.74, 6) is 0.495. The number of hydrogen-bond acceptors (Lipinski definition) is 5. The van der Waals surface area contributed by atoms with Crippen LogP contribution in [-0.2, 0) is 23.5 Å². The van der Waals surface area contributed by atoms with Crippen molar-refractivity contribution in [3.8, 4) is 5.75 Å². The summed E-state index contributed by atoms with van der Waals surface area (Å²) in [6, 6.07) is 5.22. The molecule has 7 nitrogen and oxygen atoms in total. The molecule has 0 radical (unpaired) electrons. The molecule has 1 saturated heterocycles. The molecule has 1 atom stereocenters. The average molecular weight is 391 g/mol. The van der Waals surface area contributed by atoms with Crippen molar-refractivity contribution in [2.45, 2.75) is 49.6 Å². The Morgan fingerprint density at radius 1 is 1.33 bits per heavy atom. The molecule has 1 unspecified atom stereocenters. The maximum absolute atomic E-state index is 13.1. The molecule has 0 aliphatic carbocycles. The number of aryl methyl sites for hydroxylation is 1. The predicted molar refractivity (Wildman–Crippen MR) is 104 cm³/mol. The Morgan fingerprint density at radius 3 is 2.89 bits per heavy atom. The highest BCUT2D eigenvalue weighted by molar-refractivity contribution is 7.89. The number of piperidine rings is 1. The van der Waals surface area contributed by atoms with Crippen molar-refractivity contribution < 1.29 is 13.2 Å². The molecule has 27 heavy (non-hydrogen) atoms. The van der Waals surface area contributed by atoms with Gasteiger partial charge in [0.1, 0.15) is 16.2 Å². The standard InChI is InChI=1S/C19H26N4O3S/c1-19(2)10-14-6-4-8-17(18(14)26-19)27(24,25)21-15-7-5-9-23(12-15)16-11-20-22(3)13-16/h4,6,8,11,13,15,21H,5,7,9-10,12H2,1-3H3. The van der Waals surface area contributed by atoms with Crippen LogP contribution in [0.3, 0.4) is 0 Å². The third kappa shape index (κ3) is 3.68. The Balaban J connectivity index is 1.54. The summed E-state index contributed by atoms with van der Waals surface area (Å²) in [5, 5.41) is 4.21. The summed E-state index contributed by atoms with van der Waals surface area (Å²) in [6.45, 7) is 5.49. The minimum absolute atomic E-state index is 0.144. The number of fused-ring (bicyclic) bond motifs is 1. The second-order valence-electron chi connectivity index (χ2n) is 8.06. The van der Waals surface area contributed by atoms with Gasteiger partial charge in [-0.2, -0.15) is 5.10 Å². The van der Waals surface area contributed by atoms with Crippen molar-refractivity contribution in [3.05, 3.63) is 36.2 Å². The van der Waals surface area contributed by atoms with Crippen LogP contribution in [0.25, 0.3) is 0 Å². The van der Waals surface area contributed by atoms with Crippen molar-refractivity contribution in [3.63, 3.8) is 0 Å². The molecule has 2 aliphatic heterocycles. The summed E-state index contributed by atoms with van der Waals surface area (Å²) in [4.78, 5) is 2.42. The Labute approximate surface area is 160 Å². The number of nitrogens with zero attached hydrogens (tertiary/aromatic N) is 3. The van der Waals surface area contributed by atoms with E-state index in [1.165, 1.54) is 0 Å². The van der Waals surface area contributed by atoms with Crippen LogP contribution in [0.4, 0.5) is 5.69 Å². The molecule has 2 aromatic rings. The summed E-state index contributed by atoms with van der Waals surface area (Å²) < 4.78 is 36.8. The van der Waals surface area contributed by atoms with Gasteiger partial charge in [0.15, 0.2) is 0 Å². The van der Waals surface area contributed by atoms with Gasteiger partial charge in [0, 0.05) is 38.8 Å². The molecule has 1 N–H and O–H groups in total. The van der Waals surface area contributed by atoms with Gasteiger partial charge in [-0.25, -0.2) is 13.1 Å². The lowest BCUT2D eigenvalue weighted by atomic mass is 10.0. The molecule has 4 rings (SSSR count). The lowest BCUT2D eigenvalue weighted by Gasteiger charge is -2.33. The van der Waals surface area contributed by atoms with Crippen LogP contribution < -0.4 is 14.4 Å². The fourth-order valence-electron chi connectivity index (χ4n) is 3.96. The van der Waals surface area contributed by atoms with Gasteiger partial charge < -0.3 is 9.64 Å². The van der Waals surface area contributed by atoms with Gasteiger partial charge in [-0.05, 0) is 38.3 Å². The minimum atomic E-state index is -3.66. The maximum Gasteiger partial charge on any atom is 0.244 e. The van der Waals surface area contributed by atoms with E-state index in [1.807, 2.05) is 39.4 Å². The molecule has 1 aromatic heterocycles. The molecular formula is C19H26N4O3S. The highest BCUT2D eigenvalue weighted by atomic mass is 32.2. The second kappa shape index (κ2) is 6.53. The van der Waals surface area contributed by atoms with E-state index in [1.54, 1.807) is 16.8 Å². The number of benzene rings is 1. The van der Waals surface area contributed by atoms with Gasteiger partial charge in [-0.15, -0.1) is 0 Å². The molecule has 3 heterocycles. The van der Waals surface area contributed by atoms with Gasteiger partial charge in [0.25, 0.3) is 0 Å². The fraction of sp³-hybridized carbons (Fsp3) is 0.526. The van der Waals surface area contributed by atoms with E-state index >= 15 is 0 Å². The normalized spacial score (nSPS) is 21.7. The van der Waals surface area contributed by atoms with Crippen molar-refractivity contribution >= 4 is 15.7 Å². The monoisotopic (exact) mass is 390 g/mol. The first-order valence-corrected chi connectivity index (χ1v) is 10.8. The zero-order valence-corrected chi connectivity index (χ0v) is 16.8. The van der Waals surface area contributed by atoms with Crippen LogP contribution >= 0.6 is 0 Å². The van der Waals surface area contributed by atoms with Gasteiger partial charge in [-0.3, -0.25) is 4.68 Å². The van der Waals surface area contributed by atoms with E-state index in [9.17, 15) is 8.42 Å².